The van der Waals surface area contributed by atoms with Crippen LogP contribution in [0.4, 0.5) is 0 Å². The number of carbonyl (C=O) groups is 1. The molecule has 2 heteroatoms. The van der Waals surface area contributed by atoms with Gasteiger partial charge < -0.3 is 4.74 Å². The van der Waals surface area contributed by atoms with Crippen LogP contribution >= 0.6 is 0 Å². The highest BCUT2D eigenvalue weighted by Gasteiger charge is 2.08. The van der Waals surface area contributed by atoms with Crippen LogP contribution in [0.1, 0.15) is 129 Å². The summed E-state index contributed by atoms with van der Waals surface area (Å²) in [7, 11) is 0. The van der Waals surface area contributed by atoms with Gasteiger partial charge in [0.05, 0.1) is 0 Å². The lowest BCUT2D eigenvalue weighted by Gasteiger charge is -2.15. The molecule has 2 nitrogen and oxygen atoms in total. The average molecular weight is 341 g/mol. The Morgan fingerprint density at radius 3 is 1.25 bits per heavy atom. The lowest BCUT2D eigenvalue weighted by atomic mass is 10.0. The molecule has 0 radical (unpaired) electrons. The van der Waals surface area contributed by atoms with Crippen LogP contribution in [-0.2, 0) is 9.53 Å². The molecule has 0 saturated heterocycles. The molecule has 0 aromatic heterocycles. The highest BCUT2D eigenvalue weighted by atomic mass is 16.5. The van der Waals surface area contributed by atoms with Gasteiger partial charge in [-0.15, -0.1) is 0 Å². The minimum atomic E-state index is 0.169. The number of hydrogen-bond acceptors (Lipinski definition) is 2. The van der Waals surface area contributed by atoms with E-state index < -0.39 is 0 Å². The van der Waals surface area contributed by atoms with Gasteiger partial charge in [-0.2, -0.15) is 0 Å². The summed E-state index contributed by atoms with van der Waals surface area (Å²) in [6, 6.07) is 0. The highest BCUT2D eigenvalue weighted by molar-refractivity contribution is 5.37. The summed E-state index contributed by atoms with van der Waals surface area (Å²) < 4.78 is 5.27. The third-order valence-electron chi connectivity index (χ3n) is 5.01. The van der Waals surface area contributed by atoms with Crippen molar-refractivity contribution in [3.8, 4) is 0 Å². The summed E-state index contributed by atoms with van der Waals surface area (Å²) in [6.07, 6.45) is 23.7. The van der Waals surface area contributed by atoms with Gasteiger partial charge in [0, 0.05) is 0 Å². The molecule has 1 unspecified atom stereocenters. The van der Waals surface area contributed by atoms with Crippen LogP contribution in [0, 0.1) is 0 Å². The van der Waals surface area contributed by atoms with Crippen LogP contribution in [0.25, 0.3) is 0 Å². The van der Waals surface area contributed by atoms with Gasteiger partial charge in [-0.25, -0.2) is 0 Å². The topological polar surface area (TPSA) is 26.3 Å². The molecule has 0 aliphatic rings. The van der Waals surface area contributed by atoms with Crippen molar-refractivity contribution < 1.29 is 9.53 Å². The van der Waals surface area contributed by atoms with Crippen molar-refractivity contribution in [3.05, 3.63) is 0 Å². The molecule has 0 rings (SSSR count). The average Bonchev–Trinajstić information content (AvgIpc) is 2.59. The summed E-state index contributed by atoms with van der Waals surface area (Å²) in [5.41, 5.74) is 0. The van der Waals surface area contributed by atoms with E-state index in [2.05, 4.69) is 13.8 Å². The van der Waals surface area contributed by atoms with Gasteiger partial charge in [0.15, 0.2) is 0 Å². The first-order chi connectivity index (χ1) is 11.8. The lowest BCUT2D eigenvalue weighted by Crippen LogP contribution is -2.12. The molecule has 0 saturated carbocycles. The second-order valence-corrected chi connectivity index (χ2v) is 7.38. The monoisotopic (exact) mass is 340 g/mol. The third kappa shape index (κ3) is 17.8. The third-order valence-corrected chi connectivity index (χ3v) is 5.01. The first-order valence-corrected chi connectivity index (χ1v) is 10.9. The molecule has 0 aromatic carbocycles. The lowest BCUT2D eigenvalue weighted by molar-refractivity contribution is -0.134. The number of unbranched alkanes of at least 4 members (excludes halogenated alkanes) is 14. The second kappa shape index (κ2) is 20.5. The van der Waals surface area contributed by atoms with Crippen molar-refractivity contribution in [2.75, 3.05) is 0 Å². The second-order valence-electron chi connectivity index (χ2n) is 7.38. The quantitative estimate of drug-likeness (QED) is 0.168. The Balaban J connectivity index is 3.42. The van der Waals surface area contributed by atoms with Gasteiger partial charge in [0.1, 0.15) is 6.10 Å². The Morgan fingerprint density at radius 2 is 0.917 bits per heavy atom. The molecule has 0 bridgehead atoms. The molecule has 0 aliphatic heterocycles. The predicted molar refractivity (Wildman–Crippen MR) is 105 cm³/mol. The molecule has 0 heterocycles. The van der Waals surface area contributed by atoms with E-state index in [1.165, 1.54) is 103 Å². The maximum atomic E-state index is 10.6. The number of hydrogen-bond donors (Lipinski definition) is 0. The van der Waals surface area contributed by atoms with Gasteiger partial charge in [-0.1, -0.05) is 104 Å². The zero-order chi connectivity index (χ0) is 17.7. The van der Waals surface area contributed by atoms with Crippen molar-refractivity contribution >= 4 is 6.47 Å². The van der Waals surface area contributed by atoms with Gasteiger partial charge in [-0.3, -0.25) is 4.79 Å². The summed E-state index contributed by atoms with van der Waals surface area (Å²) in [5.74, 6) is 0. The maximum Gasteiger partial charge on any atom is 0.293 e. The SMILES string of the molecule is CCCCCCCCCCCCC(CCCCCCCC)OC=O. The maximum absolute atomic E-state index is 10.6. The first kappa shape index (κ1) is 23.5. The van der Waals surface area contributed by atoms with E-state index in [1.54, 1.807) is 0 Å². The van der Waals surface area contributed by atoms with Gasteiger partial charge in [0.2, 0.25) is 0 Å². The minimum absolute atomic E-state index is 0.169. The zero-order valence-electron chi connectivity index (χ0n) is 16.7. The van der Waals surface area contributed by atoms with Crippen molar-refractivity contribution in [3.63, 3.8) is 0 Å². The van der Waals surface area contributed by atoms with Crippen LogP contribution in [0.3, 0.4) is 0 Å². The van der Waals surface area contributed by atoms with E-state index in [1.807, 2.05) is 0 Å². The van der Waals surface area contributed by atoms with Gasteiger partial charge in [-0.05, 0) is 25.7 Å². The molecular weight excluding hydrogens is 296 g/mol. The van der Waals surface area contributed by atoms with Crippen LogP contribution in [-0.4, -0.2) is 12.6 Å². The van der Waals surface area contributed by atoms with Gasteiger partial charge in [0.25, 0.3) is 6.47 Å². The molecule has 144 valence electrons. The fourth-order valence-corrected chi connectivity index (χ4v) is 3.37. The van der Waals surface area contributed by atoms with Crippen LogP contribution in [0.15, 0.2) is 0 Å². The van der Waals surface area contributed by atoms with E-state index >= 15 is 0 Å². The summed E-state index contributed by atoms with van der Waals surface area (Å²) in [4.78, 5) is 10.6. The molecule has 0 spiro atoms. The normalized spacial score (nSPS) is 12.2. The Kier molecular flexibility index (Phi) is 20.1. The van der Waals surface area contributed by atoms with E-state index in [0.717, 1.165) is 12.8 Å². The summed E-state index contributed by atoms with van der Waals surface area (Å²) in [5, 5.41) is 0. The molecular formula is C22H44O2. The van der Waals surface area contributed by atoms with Crippen molar-refractivity contribution in [1.29, 1.82) is 0 Å². The molecule has 0 amide bonds. The van der Waals surface area contributed by atoms with Crippen molar-refractivity contribution in [1.82, 2.24) is 0 Å². The largest absolute Gasteiger partial charge is 0.465 e. The Bertz CT molecular complexity index is 240. The van der Waals surface area contributed by atoms with Crippen molar-refractivity contribution in [2.24, 2.45) is 0 Å². The van der Waals surface area contributed by atoms with Crippen LogP contribution in [0.5, 0.6) is 0 Å². The molecule has 0 aliphatic carbocycles. The fourth-order valence-electron chi connectivity index (χ4n) is 3.37. The Hall–Kier alpha value is -0.530. The molecule has 0 N–H and O–H groups in total. The van der Waals surface area contributed by atoms with E-state index in [4.69, 9.17) is 4.74 Å². The Morgan fingerprint density at radius 1 is 0.583 bits per heavy atom. The molecule has 1 atom stereocenters. The molecule has 24 heavy (non-hydrogen) atoms. The molecule has 0 aromatic rings. The summed E-state index contributed by atoms with van der Waals surface area (Å²) >= 11 is 0. The standard InChI is InChI=1S/C22H44O2/c1-3-5-7-9-11-12-13-14-16-18-20-22(24-21-23)19-17-15-10-8-6-4-2/h21-22H,3-20H2,1-2H3. The van der Waals surface area contributed by atoms with Crippen LogP contribution in [0.2, 0.25) is 0 Å². The smallest absolute Gasteiger partial charge is 0.293 e. The first-order valence-electron chi connectivity index (χ1n) is 10.9. The highest BCUT2D eigenvalue weighted by Crippen LogP contribution is 2.16. The molecule has 0 fully saturated rings. The van der Waals surface area contributed by atoms with Crippen LogP contribution < -0.4 is 0 Å². The minimum Gasteiger partial charge on any atom is -0.465 e. The van der Waals surface area contributed by atoms with Gasteiger partial charge >= 0.3 is 0 Å². The van der Waals surface area contributed by atoms with E-state index in [-0.39, 0.29) is 6.10 Å². The van der Waals surface area contributed by atoms with E-state index in [9.17, 15) is 4.79 Å². The Labute approximate surface area is 152 Å². The van der Waals surface area contributed by atoms with Crippen molar-refractivity contribution in [2.45, 2.75) is 136 Å². The zero-order valence-corrected chi connectivity index (χ0v) is 16.7. The van der Waals surface area contributed by atoms with E-state index in [0.29, 0.717) is 6.47 Å². The fraction of sp³-hybridized carbons (Fsp3) is 0.955. The number of rotatable bonds is 20. The number of ether oxygens (including phenoxy) is 1. The number of carbonyl (C=O) groups excluding carboxylic acids is 1. The summed E-state index contributed by atoms with van der Waals surface area (Å²) in [6.45, 7) is 5.17. The predicted octanol–water partition coefficient (Wildman–Crippen LogP) is 7.59.